The summed E-state index contributed by atoms with van der Waals surface area (Å²) < 4.78 is 0. The van der Waals surface area contributed by atoms with Crippen molar-refractivity contribution in [1.29, 1.82) is 0 Å². The summed E-state index contributed by atoms with van der Waals surface area (Å²) in [6, 6.07) is 9.49. The van der Waals surface area contributed by atoms with Crippen LogP contribution in [0.15, 0.2) is 29.2 Å². The molecule has 1 fully saturated rings. The average molecular weight is 264 g/mol. The quantitative estimate of drug-likeness (QED) is 0.817. The Morgan fingerprint density at radius 3 is 2.72 bits per heavy atom. The van der Waals surface area contributed by atoms with Crippen molar-refractivity contribution in [2.24, 2.45) is 0 Å². The number of benzene rings is 1. The molecule has 100 valence electrons. The first-order chi connectivity index (χ1) is 8.79. The fraction of sp³-hybridized carbons (Fsp3) is 0.600. The van der Waals surface area contributed by atoms with Gasteiger partial charge in [0.1, 0.15) is 0 Å². The normalized spacial score (nSPS) is 20.9. The summed E-state index contributed by atoms with van der Waals surface area (Å²) in [6.45, 7) is 2.35. The molecule has 2 nitrogen and oxygen atoms in total. The molecule has 0 amide bonds. The lowest BCUT2D eigenvalue weighted by molar-refractivity contribution is 0.179. The highest BCUT2D eigenvalue weighted by molar-refractivity contribution is 7.98. The highest BCUT2D eigenvalue weighted by Gasteiger charge is 2.17. The summed E-state index contributed by atoms with van der Waals surface area (Å²) in [5.74, 6) is 0. The second-order valence-corrected chi connectivity index (χ2v) is 5.95. The lowest BCUT2D eigenvalue weighted by atomic mass is 10.0. The number of piperidine rings is 1. The van der Waals surface area contributed by atoms with E-state index < -0.39 is 0 Å². The van der Waals surface area contributed by atoms with Crippen LogP contribution in [-0.2, 0) is 0 Å². The summed E-state index contributed by atoms with van der Waals surface area (Å²) in [5, 5.41) is 3.53. The fourth-order valence-corrected chi connectivity index (χ4v) is 3.01. The minimum Gasteiger partial charge on any atom is -0.385 e. The Bertz CT molecular complexity index is 350. The van der Waals surface area contributed by atoms with Gasteiger partial charge in [0.15, 0.2) is 0 Å². The zero-order valence-corrected chi connectivity index (χ0v) is 12.3. The van der Waals surface area contributed by atoms with E-state index in [2.05, 4.69) is 47.8 Å². The molecule has 0 bridgehead atoms. The van der Waals surface area contributed by atoms with Gasteiger partial charge in [0.05, 0.1) is 0 Å². The maximum atomic E-state index is 3.53. The second kappa shape index (κ2) is 7.05. The first-order valence-electron chi connectivity index (χ1n) is 6.88. The Balaban J connectivity index is 1.73. The van der Waals surface area contributed by atoms with Crippen molar-refractivity contribution >= 4 is 17.4 Å². The summed E-state index contributed by atoms with van der Waals surface area (Å²) >= 11 is 1.79. The van der Waals surface area contributed by atoms with Crippen LogP contribution in [-0.4, -0.2) is 37.3 Å². The highest BCUT2D eigenvalue weighted by Crippen LogP contribution is 2.19. The number of likely N-dealkylation sites (tertiary alicyclic amines) is 1. The largest absolute Gasteiger partial charge is 0.385 e. The molecular formula is C15H24N2S. The maximum absolute atomic E-state index is 3.53. The number of nitrogens with one attached hydrogen (secondary N) is 1. The van der Waals surface area contributed by atoms with Crippen LogP contribution in [0.4, 0.5) is 5.69 Å². The van der Waals surface area contributed by atoms with Crippen molar-refractivity contribution < 1.29 is 0 Å². The first-order valence-corrected chi connectivity index (χ1v) is 8.10. The second-order valence-electron chi connectivity index (χ2n) is 5.07. The van der Waals surface area contributed by atoms with Crippen LogP contribution in [0.25, 0.3) is 0 Å². The zero-order valence-electron chi connectivity index (χ0n) is 11.5. The number of anilines is 1. The van der Waals surface area contributed by atoms with Crippen LogP contribution >= 0.6 is 11.8 Å². The Morgan fingerprint density at radius 2 is 2.06 bits per heavy atom. The van der Waals surface area contributed by atoms with E-state index >= 15 is 0 Å². The van der Waals surface area contributed by atoms with Gasteiger partial charge >= 0.3 is 0 Å². The third kappa shape index (κ3) is 3.92. The van der Waals surface area contributed by atoms with E-state index in [4.69, 9.17) is 0 Å². The van der Waals surface area contributed by atoms with Crippen molar-refractivity contribution in [3.05, 3.63) is 24.3 Å². The molecule has 0 aliphatic carbocycles. The Labute approximate surface area is 115 Å². The minimum absolute atomic E-state index is 0.775. The SMILES string of the molecule is CSc1ccc(NCCC2CCCCN2C)cc1. The lowest BCUT2D eigenvalue weighted by Gasteiger charge is -2.32. The molecule has 2 rings (SSSR count). The Hall–Kier alpha value is -0.670. The molecule has 1 aromatic carbocycles. The molecule has 1 unspecified atom stereocenters. The van der Waals surface area contributed by atoms with Gasteiger partial charge in [-0.25, -0.2) is 0 Å². The maximum Gasteiger partial charge on any atom is 0.0340 e. The standard InChI is InChI=1S/C15H24N2S/c1-17-12-4-3-5-14(17)10-11-16-13-6-8-15(18-2)9-7-13/h6-9,14,16H,3-5,10-12H2,1-2H3. The molecule has 1 atom stereocenters. The summed E-state index contributed by atoms with van der Waals surface area (Å²) in [5.41, 5.74) is 1.24. The summed E-state index contributed by atoms with van der Waals surface area (Å²) in [7, 11) is 2.26. The molecule has 3 heteroatoms. The lowest BCUT2D eigenvalue weighted by Crippen LogP contribution is -2.37. The predicted octanol–water partition coefficient (Wildman–Crippen LogP) is 3.69. The van der Waals surface area contributed by atoms with Gasteiger partial charge in [-0.1, -0.05) is 6.42 Å². The number of hydrogen-bond donors (Lipinski definition) is 1. The van der Waals surface area contributed by atoms with E-state index in [0.717, 1.165) is 12.6 Å². The molecule has 1 N–H and O–H groups in total. The van der Waals surface area contributed by atoms with E-state index in [0.29, 0.717) is 0 Å². The molecule has 1 heterocycles. The molecule has 0 aromatic heterocycles. The molecule has 0 radical (unpaired) electrons. The summed E-state index contributed by atoms with van der Waals surface area (Å²) in [6.07, 6.45) is 7.50. The van der Waals surface area contributed by atoms with E-state index in [1.807, 2.05) is 0 Å². The molecule has 1 saturated heterocycles. The van der Waals surface area contributed by atoms with Crippen LogP contribution in [0.1, 0.15) is 25.7 Å². The van der Waals surface area contributed by atoms with Crippen molar-refractivity contribution in [3.8, 4) is 0 Å². The van der Waals surface area contributed by atoms with E-state index in [-0.39, 0.29) is 0 Å². The van der Waals surface area contributed by atoms with Crippen molar-refractivity contribution in [2.75, 3.05) is 31.7 Å². The monoisotopic (exact) mass is 264 g/mol. The smallest absolute Gasteiger partial charge is 0.0340 e. The van der Waals surface area contributed by atoms with Gasteiger partial charge in [-0.3, -0.25) is 0 Å². The molecule has 1 aliphatic rings. The molecule has 0 spiro atoms. The van der Waals surface area contributed by atoms with Gasteiger partial charge < -0.3 is 10.2 Å². The van der Waals surface area contributed by atoms with Gasteiger partial charge in [0.25, 0.3) is 0 Å². The number of nitrogens with zero attached hydrogens (tertiary/aromatic N) is 1. The Morgan fingerprint density at radius 1 is 1.28 bits per heavy atom. The number of hydrogen-bond acceptors (Lipinski definition) is 3. The van der Waals surface area contributed by atoms with Crippen molar-refractivity contribution in [1.82, 2.24) is 4.90 Å². The number of rotatable bonds is 5. The third-order valence-corrected chi connectivity index (χ3v) is 4.56. The molecule has 0 saturated carbocycles. The third-order valence-electron chi connectivity index (χ3n) is 3.82. The van der Waals surface area contributed by atoms with Crippen LogP contribution < -0.4 is 5.32 Å². The molecule has 1 aromatic rings. The molecule has 18 heavy (non-hydrogen) atoms. The van der Waals surface area contributed by atoms with Crippen LogP contribution in [0.5, 0.6) is 0 Å². The van der Waals surface area contributed by atoms with Gasteiger partial charge in [0.2, 0.25) is 0 Å². The first kappa shape index (κ1) is 13.8. The Kier molecular flexibility index (Phi) is 5.39. The van der Waals surface area contributed by atoms with Crippen LogP contribution in [0, 0.1) is 0 Å². The van der Waals surface area contributed by atoms with Gasteiger partial charge in [-0.05, 0) is 63.4 Å². The summed E-state index contributed by atoms with van der Waals surface area (Å²) in [4.78, 5) is 3.84. The van der Waals surface area contributed by atoms with E-state index in [9.17, 15) is 0 Å². The average Bonchev–Trinajstić information content (AvgIpc) is 2.42. The zero-order chi connectivity index (χ0) is 12.8. The minimum atomic E-state index is 0.775. The van der Waals surface area contributed by atoms with E-state index in [1.54, 1.807) is 11.8 Å². The van der Waals surface area contributed by atoms with Crippen molar-refractivity contribution in [2.45, 2.75) is 36.6 Å². The molecule has 1 aliphatic heterocycles. The van der Waals surface area contributed by atoms with Crippen LogP contribution in [0.3, 0.4) is 0 Å². The van der Waals surface area contributed by atoms with Gasteiger partial charge in [-0.15, -0.1) is 11.8 Å². The van der Waals surface area contributed by atoms with Crippen LogP contribution in [0.2, 0.25) is 0 Å². The van der Waals surface area contributed by atoms with Gasteiger partial charge in [-0.2, -0.15) is 0 Å². The topological polar surface area (TPSA) is 15.3 Å². The predicted molar refractivity (Wildman–Crippen MR) is 81.6 cm³/mol. The molecular weight excluding hydrogens is 240 g/mol. The van der Waals surface area contributed by atoms with Gasteiger partial charge in [0, 0.05) is 23.2 Å². The highest BCUT2D eigenvalue weighted by atomic mass is 32.2. The fourth-order valence-electron chi connectivity index (χ4n) is 2.60. The van der Waals surface area contributed by atoms with E-state index in [1.165, 1.54) is 42.8 Å². The van der Waals surface area contributed by atoms with Crippen molar-refractivity contribution in [3.63, 3.8) is 0 Å². The number of thioether (sulfide) groups is 1.